The summed E-state index contributed by atoms with van der Waals surface area (Å²) < 4.78 is 0. The van der Waals surface area contributed by atoms with Gasteiger partial charge in [0, 0.05) is 12.1 Å². The molecule has 4 N–H and O–H groups in total. The van der Waals surface area contributed by atoms with Crippen LogP contribution in [0.25, 0.3) is 0 Å². The maximum absolute atomic E-state index is 12.0. The summed E-state index contributed by atoms with van der Waals surface area (Å²) in [6.07, 6.45) is 3.39. The highest BCUT2D eigenvalue weighted by molar-refractivity contribution is 5.90. The smallest absolute Gasteiger partial charge is 0.242 e. The summed E-state index contributed by atoms with van der Waals surface area (Å²) in [7, 11) is 0. The predicted octanol–water partition coefficient (Wildman–Crippen LogP) is -0.241. The van der Waals surface area contributed by atoms with Crippen LogP contribution in [0.2, 0.25) is 0 Å². The van der Waals surface area contributed by atoms with Gasteiger partial charge in [0.15, 0.2) is 0 Å². The fraction of sp³-hybridized carbons (Fsp3) is 0.789. The second-order valence-corrected chi connectivity index (χ2v) is 7.19. The Bertz CT molecular complexity index is 499. The molecule has 0 aliphatic rings. The number of unbranched alkanes of at least 4 members (excludes halogenated alkanes) is 1. The molecule has 0 aliphatic heterocycles. The molecule has 9 nitrogen and oxygen atoms in total. The Morgan fingerprint density at radius 3 is 2.18 bits per heavy atom. The van der Waals surface area contributed by atoms with E-state index in [1.54, 1.807) is 0 Å². The summed E-state index contributed by atoms with van der Waals surface area (Å²) in [5.41, 5.74) is 0. The van der Waals surface area contributed by atoms with Crippen LogP contribution >= 0.6 is 0 Å². The summed E-state index contributed by atoms with van der Waals surface area (Å²) >= 11 is 0. The van der Waals surface area contributed by atoms with E-state index in [0.717, 1.165) is 32.4 Å². The van der Waals surface area contributed by atoms with Crippen LogP contribution in [0.3, 0.4) is 0 Å². The molecule has 0 heterocycles. The first-order valence-corrected chi connectivity index (χ1v) is 9.98. The SMILES string of the molecule is CCN(CCCCC(C)NC(=O)CNC(=O)C(C)NC(=O)CNC=O)C(C)C. The van der Waals surface area contributed by atoms with E-state index in [0.29, 0.717) is 12.5 Å². The Morgan fingerprint density at radius 2 is 1.61 bits per heavy atom. The zero-order chi connectivity index (χ0) is 21.5. The van der Waals surface area contributed by atoms with Crippen molar-refractivity contribution in [3.63, 3.8) is 0 Å². The van der Waals surface area contributed by atoms with Crippen LogP contribution in [-0.2, 0) is 19.2 Å². The van der Waals surface area contributed by atoms with Crippen LogP contribution in [0, 0.1) is 0 Å². The molecule has 0 aliphatic carbocycles. The number of hydrogen-bond acceptors (Lipinski definition) is 5. The van der Waals surface area contributed by atoms with Gasteiger partial charge in [0.1, 0.15) is 6.04 Å². The molecule has 0 saturated carbocycles. The largest absolute Gasteiger partial charge is 0.352 e. The molecule has 0 fully saturated rings. The second kappa shape index (κ2) is 14.8. The third kappa shape index (κ3) is 12.3. The molecule has 4 amide bonds. The van der Waals surface area contributed by atoms with Gasteiger partial charge in [-0.1, -0.05) is 13.3 Å². The number of amides is 4. The number of nitrogens with one attached hydrogen (secondary N) is 4. The molecule has 0 aromatic heterocycles. The van der Waals surface area contributed by atoms with E-state index in [2.05, 4.69) is 46.9 Å². The third-order valence-electron chi connectivity index (χ3n) is 4.42. The van der Waals surface area contributed by atoms with E-state index < -0.39 is 17.9 Å². The van der Waals surface area contributed by atoms with Gasteiger partial charge in [0.05, 0.1) is 13.1 Å². The summed E-state index contributed by atoms with van der Waals surface area (Å²) in [5, 5.41) is 9.99. The van der Waals surface area contributed by atoms with E-state index in [9.17, 15) is 19.2 Å². The Labute approximate surface area is 168 Å². The van der Waals surface area contributed by atoms with Gasteiger partial charge >= 0.3 is 0 Å². The third-order valence-corrected chi connectivity index (χ3v) is 4.42. The number of carbonyl (C=O) groups is 4. The van der Waals surface area contributed by atoms with Crippen molar-refractivity contribution >= 4 is 24.1 Å². The van der Waals surface area contributed by atoms with Crippen molar-refractivity contribution in [1.29, 1.82) is 0 Å². The van der Waals surface area contributed by atoms with Crippen molar-refractivity contribution in [1.82, 2.24) is 26.2 Å². The molecule has 9 heteroatoms. The Kier molecular flexibility index (Phi) is 13.7. The van der Waals surface area contributed by atoms with Crippen molar-refractivity contribution in [3.05, 3.63) is 0 Å². The van der Waals surface area contributed by atoms with Crippen LogP contribution in [0.4, 0.5) is 0 Å². The zero-order valence-corrected chi connectivity index (χ0v) is 17.8. The number of nitrogens with zero attached hydrogens (tertiary/aromatic N) is 1. The summed E-state index contributed by atoms with van der Waals surface area (Å²) in [6.45, 7) is 11.7. The normalized spacial score (nSPS) is 13.0. The van der Waals surface area contributed by atoms with E-state index in [-0.39, 0.29) is 25.0 Å². The number of carbonyl (C=O) groups excluding carboxylic acids is 4. The lowest BCUT2D eigenvalue weighted by atomic mass is 10.1. The van der Waals surface area contributed by atoms with Gasteiger partial charge in [-0.15, -0.1) is 0 Å². The van der Waals surface area contributed by atoms with E-state index in [4.69, 9.17) is 0 Å². The fourth-order valence-corrected chi connectivity index (χ4v) is 2.76. The van der Waals surface area contributed by atoms with Gasteiger partial charge in [-0.25, -0.2) is 0 Å². The minimum absolute atomic E-state index is 0.0325. The molecule has 2 unspecified atom stereocenters. The van der Waals surface area contributed by atoms with Gasteiger partial charge in [-0.2, -0.15) is 0 Å². The summed E-state index contributed by atoms with van der Waals surface area (Å²) in [5.74, 6) is -1.21. The quantitative estimate of drug-likeness (QED) is 0.224. The Hall–Kier alpha value is -2.16. The van der Waals surface area contributed by atoms with Gasteiger partial charge in [-0.05, 0) is 53.6 Å². The highest BCUT2D eigenvalue weighted by Gasteiger charge is 2.16. The monoisotopic (exact) mass is 399 g/mol. The van der Waals surface area contributed by atoms with Crippen molar-refractivity contribution in [3.8, 4) is 0 Å². The highest BCUT2D eigenvalue weighted by atomic mass is 16.2. The molecule has 0 spiro atoms. The maximum atomic E-state index is 12.0. The topological polar surface area (TPSA) is 120 Å². The van der Waals surface area contributed by atoms with E-state index in [1.165, 1.54) is 6.92 Å². The van der Waals surface area contributed by atoms with Gasteiger partial charge in [-0.3, -0.25) is 19.2 Å². The fourth-order valence-electron chi connectivity index (χ4n) is 2.76. The molecular formula is C19H37N5O4. The van der Waals surface area contributed by atoms with Crippen LogP contribution in [0.1, 0.15) is 53.9 Å². The molecule has 0 radical (unpaired) electrons. The number of rotatable bonds is 15. The standard InChI is InChI=1S/C19H37N5O4/c1-6-24(14(2)3)10-8-7-9-15(4)22-18(27)12-21-19(28)16(5)23-17(26)11-20-13-25/h13-16H,6-12H2,1-5H3,(H,20,25)(H,21,28)(H,22,27)(H,23,26). The Balaban J connectivity index is 3.99. The number of hydrogen-bond donors (Lipinski definition) is 4. The summed E-state index contributed by atoms with van der Waals surface area (Å²) in [6, 6.07) is -0.224. The lowest BCUT2D eigenvalue weighted by Gasteiger charge is -2.24. The molecule has 0 aromatic rings. The van der Waals surface area contributed by atoms with Crippen molar-refractivity contribution in [2.75, 3.05) is 26.2 Å². The van der Waals surface area contributed by atoms with Crippen LogP contribution in [-0.4, -0.2) is 73.3 Å². The minimum Gasteiger partial charge on any atom is -0.352 e. The van der Waals surface area contributed by atoms with Gasteiger partial charge < -0.3 is 26.2 Å². The first kappa shape index (κ1) is 25.8. The van der Waals surface area contributed by atoms with Crippen molar-refractivity contribution in [2.24, 2.45) is 0 Å². The lowest BCUT2D eigenvalue weighted by Crippen LogP contribution is -2.49. The molecular weight excluding hydrogens is 362 g/mol. The first-order chi connectivity index (χ1) is 13.2. The molecule has 0 saturated heterocycles. The molecule has 2 atom stereocenters. The molecule has 28 heavy (non-hydrogen) atoms. The van der Waals surface area contributed by atoms with Crippen LogP contribution in [0.5, 0.6) is 0 Å². The average Bonchev–Trinajstić information content (AvgIpc) is 2.63. The molecule has 162 valence electrons. The van der Waals surface area contributed by atoms with E-state index in [1.807, 2.05) is 6.92 Å². The van der Waals surface area contributed by atoms with Crippen LogP contribution in [0.15, 0.2) is 0 Å². The summed E-state index contributed by atoms with van der Waals surface area (Å²) in [4.78, 5) is 47.8. The van der Waals surface area contributed by atoms with Crippen molar-refractivity contribution in [2.45, 2.75) is 72.0 Å². The second-order valence-electron chi connectivity index (χ2n) is 7.19. The molecule has 0 aromatic carbocycles. The molecule has 0 bridgehead atoms. The molecule has 0 rings (SSSR count). The average molecular weight is 400 g/mol. The zero-order valence-electron chi connectivity index (χ0n) is 17.8. The van der Waals surface area contributed by atoms with E-state index >= 15 is 0 Å². The maximum Gasteiger partial charge on any atom is 0.242 e. The lowest BCUT2D eigenvalue weighted by molar-refractivity contribution is -0.130. The van der Waals surface area contributed by atoms with Crippen molar-refractivity contribution < 1.29 is 19.2 Å². The van der Waals surface area contributed by atoms with Crippen LogP contribution < -0.4 is 21.3 Å². The first-order valence-electron chi connectivity index (χ1n) is 9.98. The Morgan fingerprint density at radius 1 is 0.964 bits per heavy atom. The highest BCUT2D eigenvalue weighted by Crippen LogP contribution is 2.05. The predicted molar refractivity (Wildman–Crippen MR) is 109 cm³/mol. The minimum atomic E-state index is -0.798. The van der Waals surface area contributed by atoms with Gasteiger partial charge in [0.25, 0.3) is 0 Å². The van der Waals surface area contributed by atoms with Gasteiger partial charge in [0.2, 0.25) is 24.1 Å².